The molecule has 0 aliphatic rings. The van der Waals surface area contributed by atoms with E-state index in [1.54, 1.807) is 36.3 Å². The van der Waals surface area contributed by atoms with Crippen LogP contribution >= 0.6 is 15.9 Å². The van der Waals surface area contributed by atoms with E-state index in [2.05, 4.69) is 26.0 Å². The summed E-state index contributed by atoms with van der Waals surface area (Å²) in [6, 6.07) is 3.37. The van der Waals surface area contributed by atoms with Crippen LogP contribution in [0, 0.1) is 0 Å². The minimum atomic E-state index is -0.123. The average Bonchev–Trinajstić information content (AvgIpc) is 2.85. The number of ether oxygens (including phenoxy) is 1. The van der Waals surface area contributed by atoms with Gasteiger partial charge in [-0.15, -0.1) is 0 Å². The Labute approximate surface area is 125 Å². The molecule has 0 bridgehead atoms. The lowest BCUT2D eigenvalue weighted by Gasteiger charge is -2.07. The molecule has 20 heavy (non-hydrogen) atoms. The number of carbonyl (C=O) groups is 1. The van der Waals surface area contributed by atoms with Crippen LogP contribution in [0.1, 0.15) is 21.7 Å². The highest BCUT2D eigenvalue weighted by Crippen LogP contribution is 2.20. The molecule has 2 aromatic heterocycles. The van der Waals surface area contributed by atoms with E-state index in [0.29, 0.717) is 41.1 Å². The second kappa shape index (κ2) is 6.74. The SMILES string of the molecule is COCCn1ncc(Br)c1C(=O)c1ccnc(CN)c1. The van der Waals surface area contributed by atoms with Crippen molar-refractivity contribution in [1.82, 2.24) is 14.8 Å². The molecular weight excluding hydrogens is 324 g/mol. The number of nitrogens with zero attached hydrogens (tertiary/aromatic N) is 3. The van der Waals surface area contributed by atoms with Crippen LogP contribution in [0.15, 0.2) is 29.0 Å². The summed E-state index contributed by atoms with van der Waals surface area (Å²) >= 11 is 3.36. The third kappa shape index (κ3) is 3.12. The van der Waals surface area contributed by atoms with Crippen molar-refractivity contribution >= 4 is 21.7 Å². The number of carbonyl (C=O) groups excluding carboxylic acids is 1. The maximum atomic E-state index is 12.6. The Morgan fingerprint density at radius 3 is 3.05 bits per heavy atom. The molecule has 6 nitrogen and oxygen atoms in total. The molecule has 0 spiro atoms. The van der Waals surface area contributed by atoms with E-state index in [9.17, 15) is 4.79 Å². The first kappa shape index (κ1) is 14.8. The summed E-state index contributed by atoms with van der Waals surface area (Å²) in [7, 11) is 1.61. The Morgan fingerprint density at radius 2 is 2.35 bits per heavy atom. The monoisotopic (exact) mass is 338 g/mol. The van der Waals surface area contributed by atoms with Gasteiger partial charge < -0.3 is 10.5 Å². The van der Waals surface area contributed by atoms with Crippen LogP contribution in [-0.4, -0.2) is 34.3 Å². The van der Waals surface area contributed by atoms with Gasteiger partial charge >= 0.3 is 0 Å². The van der Waals surface area contributed by atoms with Gasteiger partial charge in [0.05, 0.1) is 29.5 Å². The van der Waals surface area contributed by atoms with Crippen molar-refractivity contribution in [3.8, 4) is 0 Å². The standard InChI is InChI=1S/C13H15BrN4O2/c1-20-5-4-18-12(11(14)8-17-18)13(19)9-2-3-16-10(6-9)7-15/h2-3,6,8H,4-5,7,15H2,1H3. The lowest BCUT2D eigenvalue weighted by Crippen LogP contribution is -2.15. The van der Waals surface area contributed by atoms with Gasteiger partial charge in [-0.2, -0.15) is 5.10 Å². The summed E-state index contributed by atoms with van der Waals surface area (Å²) in [6.07, 6.45) is 3.19. The number of methoxy groups -OCH3 is 1. The summed E-state index contributed by atoms with van der Waals surface area (Å²) in [5.74, 6) is -0.123. The summed E-state index contributed by atoms with van der Waals surface area (Å²) in [6.45, 7) is 1.29. The van der Waals surface area contributed by atoms with E-state index < -0.39 is 0 Å². The molecule has 0 aliphatic heterocycles. The first-order valence-corrected chi connectivity index (χ1v) is 6.86. The van der Waals surface area contributed by atoms with Crippen molar-refractivity contribution in [1.29, 1.82) is 0 Å². The van der Waals surface area contributed by atoms with E-state index in [1.165, 1.54) is 0 Å². The van der Waals surface area contributed by atoms with Crippen LogP contribution in [0.2, 0.25) is 0 Å². The van der Waals surface area contributed by atoms with Crippen molar-refractivity contribution < 1.29 is 9.53 Å². The molecular formula is C13H15BrN4O2. The Morgan fingerprint density at radius 1 is 1.55 bits per heavy atom. The minimum absolute atomic E-state index is 0.123. The van der Waals surface area contributed by atoms with E-state index >= 15 is 0 Å². The highest BCUT2D eigenvalue weighted by atomic mass is 79.9. The lowest BCUT2D eigenvalue weighted by atomic mass is 10.1. The quantitative estimate of drug-likeness (QED) is 0.804. The Bertz CT molecular complexity index is 612. The van der Waals surface area contributed by atoms with Gasteiger partial charge in [-0.3, -0.25) is 14.5 Å². The van der Waals surface area contributed by atoms with Crippen LogP contribution in [0.4, 0.5) is 0 Å². The highest BCUT2D eigenvalue weighted by molar-refractivity contribution is 9.10. The van der Waals surface area contributed by atoms with Gasteiger partial charge in [0.1, 0.15) is 5.69 Å². The van der Waals surface area contributed by atoms with Gasteiger partial charge in [0.25, 0.3) is 0 Å². The number of hydrogen-bond acceptors (Lipinski definition) is 5. The first-order chi connectivity index (χ1) is 9.67. The molecule has 0 saturated heterocycles. The van der Waals surface area contributed by atoms with Crippen molar-refractivity contribution in [3.05, 3.63) is 46.0 Å². The van der Waals surface area contributed by atoms with Gasteiger partial charge in [0, 0.05) is 25.4 Å². The third-order valence-electron chi connectivity index (χ3n) is 2.80. The van der Waals surface area contributed by atoms with Gasteiger partial charge in [0.2, 0.25) is 5.78 Å². The summed E-state index contributed by atoms with van der Waals surface area (Å²) in [5.41, 5.74) is 7.26. The molecule has 2 rings (SSSR count). The number of halogens is 1. The number of pyridine rings is 1. The average molecular weight is 339 g/mol. The molecule has 2 aromatic rings. The van der Waals surface area contributed by atoms with E-state index in [0.717, 1.165) is 0 Å². The number of rotatable bonds is 6. The van der Waals surface area contributed by atoms with Gasteiger partial charge in [-0.05, 0) is 28.1 Å². The normalized spacial score (nSPS) is 10.8. The fraction of sp³-hybridized carbons (Fsp3) is 0.308. The molecule has 0 unspecified atom stereocenters. The number of nitrogens with two attached hydrogens (primary N) is 1. The Kier molecular flexibility index (Phi) is 4.99. The van der Waals surface area contributed by atoms with Crippen LogP contribution in [0.3, 0.4) is 0 Å². The summed E-state index contributed by atoms with van der Waals surface area (Å²) in [4.78, 5) is 16.7. The highest BCUT2D eigenvalue weighted by Gasteiger charge is 2.19. The van der Waals surface area contributed by atoms with Gasteiger partial charge in [-0.1, -0.05) is 0 Å². The molecule has 0 atom stereocenters. The predicted molar refractivity (Wildman–Crippen MR) is 77.4 cm³/mol. The van der Waals surface area contributed by atoms with Crippen LogP contribution in [-0.2, 0) is 17.8 Å². The molecule has 2 heterocycles. The zero-order valence-corrected chi connectivity index (χ0v) is 12.6. The molecule has 0 radical (unpaired) electrons. The zero-order valence-electron chi connectivity index (χ0n) is 11.0. The summed E-state index contributed by atoms with van der Waals surface area (Å²) < 4.78 is 7.30. The minimum Gasteiger partial charge on any atom is -0.383 e. The maximum Gasteiger partial charge on any atom is 0.212 e. The van der Waals surface area contributed by atoms with E-state index in [4.69, 9.17) is 10.5 Å². The van der Waals surface area contributed by atoms with Gasteiger partial charge in [-0.25, -0.2) is 0 Å². The summed E-state index contributed by atoms with van der Waals surface area (Å²) in [5, 5.41) is 4.17. The zero-order chi connectivity index (χ0) is 14.5. The van der Waals surface area contributed by atoms with Gasteiger partial charge in [0.15, 0.2) is 0 Å². The molecule has 2 N–H and O–H groups in total. The van der Waals surface area contributed by atoms with Crippen LogP contribution in [0.25, 0.3) is 0 Å². The van der Waals surface area contributed by atoms with Crippen molar-refractivity contribution in [3.63, 3.8) is 0 Å². The van der Waals surface area contributed by atoms with Crippen molar-refractivity contribution in [2.75, 3.05) is 13.7 Å². The fourth-order valence-electron chi connectivity index (χ4n) is 1.80. The van der Waals surface area contributed by atoms with Crippen LogP contribution in [0.5, 0.6) is 0 Å². The topological polar surface area (TPSA) is 83.0 Å². The number of ketones is 1. The van der Waals surface area contributed by atoms with E-state index in [1.807, 2.05) is 0 Å². The number of hydrogen-bond donors (Lipinski definition) is 1. The fourth-order valence-corrected chi connectivity index (χ4v) is 2.28. The maximum absolute atomic E-state index is 12.6. The molecule has 0 amide bonds. The second-order valence-electron chi connectivity index (χ2n) is 4.13. The molecule has 7 heteroatoms. The van der Waals surface area contributed by atoms with Crippen LogP contribution < -0.4 is 5.73 Å². The number of aromatic nitrogens is 3. The molecule has 0 fully saturated rings. The van der Waals surface area contributed by atoms with Crippen molar-refractivity contribution in [2.45, 2.75) is 13.1 Å². The molecule has 106 valence electrons. The Balaban J connectivity index is 2.34. The lowest BCUT2D eigenvalue weighted by molar-refractivity contribution is 0.102. The molecule has 0 aromatic carbocycles. The van der Waals surface area contributed by atoms with E-state index in [-0.39, 0.29) is 5.78 Å². The predicted octanol–water partition coefficient (Wildman–Crippen LogP) is 1.38. The smallest absolute Gasteiger partial charge is 0.212 e. The first-order valence-electron chi connectivity index (χ1n) is 6.07. The largest absolute Gasteiger partial charge is 0.383 e. The molecule has 0 aliphatic carbocycles. The third-order valence-corrected chi connectivity index (χ3v) is 3.39. The second-order valence-corrected chi connectivity index (χ2v) is 4.98. The van der Waals surface area contributed by atoms with Crippen molar-refractivity contribution in [2.24, 2.45) is 5.73 Å². The molecule has 0 saturated carbocycles. The Hall–Kier alpha value is -1.57.